The Morgan fingerprint density at radius 2 is 1.93 bits per heavy atom. The van der Waals surface area contributed by atoms with E-state index in [1.54, 1.807) is 12.2 Å². The quantitative estimate of drug-likeness (QED) is 0.328. The van der Waals surface area contributed by atoms with Gasteiger partial charge in [0.1, 0.15) is 13.1 Å². The summed E-state index contributed by atoms with van der Waals surface area (Å²) in [6, 6.07) is 0. The molecule has 0 fully saturated rings. The van der Waals surface area contributed by atoms with Crippen LogP contribution >= 0.6 is 0 Å². The average Bonchev–Trinajstić information content (AvgIpc) is 2.21. The minimum Gasteiger partial charge on any atom is -0.301 e. The van der Waals surface area contributed by atoms with Crippen molar-refractivity contribution in [3.8, 4) is 0 Å². The second-order valence-electron chi connectivity index (χ2n) is 3.13. The fraction of sp³-hybridized carbons (Fsp3) is 0.400. The fourth-order valence-corrected chi connectivity index (χ4v) is 1.50. The Bertz CT molecular complexity index is 385. The van der Waals surface area contributed by atoms with Crippen LogP contribution in [0.3, 0.4) is 0 Å². The fourth-order valence-electron chi connectivity index (χ4n) is 1.50. The summed E-state index contributed by atoms with van der Waals surface area (Å²) in [5, 5.41) is 18.2. The number of hydrogen-bond donors (Lipinski definition) is 1. The van der Waals surface area contributed by atoms with Crippen LogP contribution in [0.2, 0.25) is 0 Å². The molecule has 0 aliphatic heterocycles. The van der Waals surface area contributed by atoms with Crippen LogP contribution in [0, 0.1) is 15.5 Å². The minimum atomic E-state index is -0.439. The van der Waals surface area contributed by atoms with E-state index < -0.39 is 4.92 Å². The standard InChI is InChI=1S/C10H14N3O2/c1-3-12(4-2)9-6-5-8(11)7-10(9)13(14)15/h5-7,11H,3-4H2,1-2H3/q+1. The summed E-state index contributed by atoms with van der Waals surface area (Å²) in [7, 11) is 0. The maximum atomic E-state index is 10.8. The second-order valence-corrected chi connectivity index (χ2v) is 3.13. The van der Waals surface area contributed by atoms with Crippen LogP contribution in [0.25, 0.3) is 0 Å². The molecule has 5 heteroatoms. The first-order valence-electron chi connectivity index (χ1n) is 4.85. The molecule has 5 nitrogen and oxygen atoms in total. The minimum absolute atomic E-state index is 0.00574. The summed E-state index contributed by atoms with van der Waals surface area (Å²) >= 11 is 0. The van der Waals surface area contributed by atoms with Crippen LogP contribution in [0.1, 0.15) is 13.8 Å². The lowest BCUT2D eigenvalue weighted by molar-refractivity contribution is -0.526. The number of nitrogens with one attached hydrogen (secondary N) is 1. The van der Waals surface area contributed by atoms with Crippen molar-refractivity contribution in [2.75, 3.05) is 13.1 Å². The number of nitro groups is 1. The van der Waals surface area contributed by atoms with Gasteiger partial charge in [0.15, 0.2) is 0 Å². The van der Waals surface area contributed by atoms with E-state index in [0.717, 1.165) is 0 Å². The normalized spacial score (nSPS) is 15.2. The van der Waals surface area contributed by atoms with E-state index in [0.29, 0.717) is 18.8 Å². The number of nitrogens with zero attached hydrogens (tertiary/aromatic N) is 2. The number of hydrogen-bond acceptors (Lipinski definition) is 3. The lowest BCUT2D eigenvalue weighted by atomic mass is 10.1. The van der Waals surface area contributed by atoms with Crippen LogP contribution < -0.4 is 0 Å². The lowest BCUT2D eigenvalue weighted by Gasteiger charge is -2.05. The van der Waals surface area contributed by atoms with E-state index in [1.807, 2.05) is 18.4 Å². The second kappa shape index (κ2) is 4.63. The maximum Gasteiger partial charge on any atom is 0.341 e. The Morgan fingerprint density at radius 3 is 2.40 bits per heavy atom. The summed E-state index contributed by atoms with van der Waals surface area (Å²) in [4.78, 5) is 10.4. The molecule has 1 rings (SSSR count). The SMILES string of the molecule is CC[N+](CC)=C1C=CC(=N)C=C1[N+](=O)[O-]. The zero-order chi connectivity index (χ0) is 11.4. The van der Waals surface area contributed by atoms with Gasteiger partial charge in [-0.05, 0) is 19.9 Å². The van der Waals surface area contributed by atoms with Crippen LogP contribution in [0.15, 0.2) is 23.9 Å². The first kappa shape index (κ1) is 11.3. The Kier molecular flexibility index (Phi) is 3.49. The zero-order valence-corrected chi connectivity index (χ0v) is 8.86. The smallest absolute Gasteiger partial charge is 0.301 e. The van der Waals surface area contributed by atoms with Crippen molar-refractivity contribution in [2.45, 2.75) is 13.8 Å². The van der Waals surface area contributed by atoms with Gasteiger partial charge in [-0.25, -0.2) is 4.58 Å². The van der Waals surface area contributed by atoms with E-state index in [9.17, 15) is 10.1 Å². The molecule has 0 amide bonds. The van der Waals surface area contributed by atoms with Gasteiger partial charge in [0, 0.05) is 12.2 Å². The molecule has 0 aromatic heterocycles. The highest BCUT2D eigenvalue weighted by atomic mass is 16.6. The lowest BCUT2D eigenvalue weighted by Crippen LogP contribution is -2.26. The molecule has 1 aliphatic rings. The van der Waals surface area contributed by atoms with E-state index in [-0.39, 0.29) is 11.4 Å². The Balaban J connectivity index is 3.24. The molecular formula is C10H14N3O2+. The van der Waals surface area contributed by atoms with Gasteiger partial charge in [0.05, 0.1) is 10.6 Å². The third-order valence-corrected chi connectivity index (χ3v) is 2.28. The number of allylic oxidation sites excluding steroid dienone is 3. The van der Waals surface area contributed by atoms with Crippen molar-refractivity contribution in [3.63, 3.8) is 0 Å². The number of rotatable bonds is 3. The van der Waals surface area contributed by atoms with E-state index >= 15 is 0 Å². The van der Waals surface area contributed by atoms with E-state index in [2.05, 4.69) is 0 Å². The van der Waals surface area contributed by atoms with Gasteiger partial charge in [0.25, 0.3) is 5.71 Å². The summed E-state index contributed by atoms with van der Waals surface area (Å²) in [6.45, 7) is 5.33. The molecule has 0 atom stereocenters. The molecule has 0 radical (unpaired) electrons. The summed E-state index contributed by atoms with van der Waals surface area (Å²) < 4.78 is 1.90. The predicted octanol–water partition coefficient (Wildman–Crippen LogP) is 1.23. The molecule has 0 bridgehead atoms. The van der Waals surface area contributed by atoms with Crippen LogP contribution in [0.4, 0.5) is 0 Å². The van der Waals surface area contributed by atoms with Gasteiger partial charge >= 0.3 is 5.70 Å². The van der Waals surface area contributed by atoms with Crippen LogP contribution in [0.5, 0.6) is 0 Å². The van der Waals surface area contributed by atoms with Gasteiger partial charge in [-0.1, -0.05) is 0 Å². The van der Waals surface area contributed by atoms with E-state index in [1.165, 1.54) is 6.08 Å². The predicted molar refractivity (Wildman–Crippen MR) is 58.3 cm³/mol. The molecule has 0 aromatic carbocycles. The third kappa shape index (κ3) is 2.37. The molecule has 0 aromatic rings. The molecule has 0 unspecified atom stereocenters. The molecule has 0 heterocycles. The summed E-state index contributed by atoms with van der Waals surface area (Å²) in [5.41, 5.74) is 0.754. The Morgan fingerprint density at radius 1 is 1.33 bits per heavy atom. The van der Waals surface area contributed by atoms with Crippen molar-refractivity contribution < 1.29 is 9.50 Å². The van der Waals surface area contributed by atoms with Crippen molar-refractivity contribution in [3.05, 3.63) is 34.0 Å². The molecule has 0 saturated heterocycles. The Labute approximate surface area is 88.1 Å². The molecule has 1 N–H and O–H groups in total. The molecule has 1 aliphatic carbocycles. The van der Waals surface area contributed by atoms with Crippen molar-refractivity contribution in [1.29, 1.82) is 5.41 Å². The molecule has 0 saturated carbocycles. The van der Waals surface area contributed by atoms with Gasteiger partial charge in [0.2, 0.25) is 0 Å². The average molecular weight is 208 g/mol. The summed E-state index contributed by atoms with van der Waals surface area (Å²) in [6.07, 6.45) is 4.49. The monoisotopic (exact) mass is 208 g/mol. The topological polar surface area (TPSA) is 70.0 Å². The van der Waals surface area contributed by atoms with Crippen LogP contribution in [-0.4, -0.2) is 34.0 Å². The first-order chi connectivity index (χ1) is 7.10. The van der Waals surface area contributed by atoms with Crippen molar-refractivity contribution in [1.82, 2.24) is 0 Å². The van der Waals surface area contributed by atoms with Gasteiger partial charge < -0.3 is 5.41 Å². The van der Waals surface area contributed by atoms with Gasteiger partial charge in [-0.2, -0.15) is 0 Å². The third-order valence-electron chi connectivity index (χ3n) is 2.28. The summed E-state index contributed by atoms with van der Waals surface area (Å²) in [5.74, 6) is 0. The highest BCUT2D eigenvalue weighted by Gasteiger charge is 2.28. The highest BCUT2D eigenvalue weighted by molar-refractivity contribution is 6.17. The van der Waals surface area contributed by atoms with Crippen LogP contribution in [-0.2, 0) is 0 Å². The van der Waals surface area contributed by atoms with E-state index in [4.69, 9.17) is 5.41 Å². The Hall–Kier alpha value is -1.78. The largest absolute Gasteiger partial charge is 0.341 e. The highest BCUT2D eigenvalue weighted by Crippen LogP contribution is 2.08. The first-order valence-corrected chi connectivity index (χ1v) is 4.85. The maximum absolute atomic E-state index is 10.8. The van der Waals surface area contributed by atoms with Gasteiger partial charge in [-0.15, -0.1) is 0 Å². The zero-order valence-electron chi connectivity index (χ0n) is 8.86. The van der Waals surface area contributed by atoms with Gasteiger partial charge in [-0.3, -0.25) is 10.1 Å². The molecule has 0 spiro atoms. The van der Waals surface area contributed by atoms with Crippen molar-refractivity contribution >= 4 is 11.4 Å². The molecular weight excluding hydrogens is 194 g/mol. The molecule has 15 heavy (non-hydrogen) atoms. The van der Waals surface area contributed by atoms with Crippen molar-refractivity contribution in [2.24, 2.45) is 0 Å². The molecule has 80 valence electrons.